The van der Waals surface area contributed by atoms with Crippen molar-refractivity contribution in [2.45, 2.75) is 26.1 Å². The van der Waals surface area contributed by atoms with Crippen LogP contribution in [0.3, 0.4) is 0 Å². The van der Waals surface area contributed by atoms with Crippen LogP contribution in [0.15, 0.2) is 29.2 Å². The number of rotatable bonds is 4. The topological polar surface area (TPSA) is 118 Å². The van der Waals surface area contributed by atoms with E-state index in [2.05, 4.69) is 19.9 Å². The van der Waals surface area contributed by atoms with Crippen LogP contribution < -0.4 is 10.3 Å². The lowest BCUT2D eigenvalue weighted by molar-refractivity contribution is -0.142. The molecule has 0 bridgehead atoms. The molecule has 0 aliphatic heterocycles. The van der Waals surface area contributed by atoms with Crippen LogP contribution >= 0.6 is 0 Å². The second-order valence-electron chi connectivity index (χ2n) is 5.90. The van der Waals surface area contributed by atoms with Crippen molar-refractivity contribution in [3.05, 3.63) is 57.4 Å². The Morgan fingerprint density at radius 3 is 2.57 bits per heavy atom. The zero-order chi connectivity index (χ0) is 20.6. The van der Waals surface area contributed by atoms with Crippen molar-refractivity contribution in [2.75, 3.05) is 0 Å². The number of fused-ring (bicyclic) bond motifs is 1. The highest BCUT2D eigenvalue weighted by Crippen LogP contribution is 2.35. The van der Waals surface area contributed by atoms with Crippen LogP contribution in [0.4, 0.5) is 13.2 Å². The number of alkyl halides is 3. The molecule has 0 spiro atoms. The molecule has 0 saturated heterocycles. The summed E-state index contributed by atoms with van der Waals surface area (Å²) in [5.74, 6) is -1.15. The summed E-state index contributed by atoms with van der Waals surface area (Å²) in [5, 5.41) is 8.74. The molecule has 0 aliphatic carbocycles. The molecule has 0 fully saturated rings. The molecule has 1 atom stereocenters. The molecular formula is C17H13F3N4O4. The fourth-order valence-corrected chi connectivity index (χ4v) is 2.55. The number of aromatic amines is 1. The minimum atomic E-state index is -4.81. The zero-order valence-corrected chi connectivity index (χ0v) is 14.5. The van der Waals surface area contributed by atoms with Gasteiger partial charge in [-0.2, -0.15) is 13.2 Å². The van der Waals surface area contributed by atoms with E-state index in [0.29, 0.717) is 0 Å². The van der Waals surface area contributed by atoms with Gasteiger partial charge in [0, 0.05) is 17.8 Å². The van der Waals surface area contributed by atoms with Gasteiger partial charge in [-0.05, 0) is 26.0 Å². The number of hydrogen-bond acceptors (Lipinski definition) is 6. The smallest absolute Gasteiger partial charge is 0.433 e. The summed E-state index contributed by atoms with van der Waals surface area (Å²) in [6.07, 6.45) is -4.97. The molecule has 0 aliphatic rings. The molecule has 0 amide bonds. The number of carboxylic acids is 1. The number of hydrogen-bond donors (Lipinski definition) is 2. The molecule has 0 aromatic carbocycles. The Hall–Kier alpha value is -3.50. The summed E-state index contributed by atoms with van der Waals surface area (Å²) in [7, 11) is 0. The maximum Gasteiger partial charge on any atom is 0.433 e. The molecule has 28 heavy (non-hydrogen) atoms. The quantitative estimate of drug-likeness (QED) is 0.698. The van der Waals surface area contributed by atoms with E-state index in [-0.39, 0.29) is 33.9 Å². The molecule has 0 saturated carbocycles. The van der Waals surface area contributed by atoms with E-state index in [1.54, 1.807) is 0 Å². The second-order valence-corrected chi connectivity index (χ2v) is 5.90. The Balaban J connectivity index is 2.06. The fraction of sp³-hybridized carbons (Fsp3) is 0.235. The van der Waals surface area contributed by atoms with Crippen LogP contribution in [-0.2, 0) is 6.18 Å². The SMILES string of the molecule is Cc1nc2nc(C(F)(F)F)c([C@H](C)Oc3ccc(C(=O)O)cn3)cc2c(=O)[nH]1. The number of halogens is 3. The standard InChI is InChI=1S/C17H13F3N4O4/c1-7(28-12-4-3-9(6-21-12)16(26)27)10-5-11-14(22-8(2)23-15(11)25)24-13(10)17(18,19)20/h3-7H,1-2H3,(H,26,27)(H,22,23,24,25)/t7-/m0/s1. The Morgan fingerprint density at radius 2 is 2.00 bits per heavy atom. The number of nitrogens with zero attached hydrogens (tertiary/aromatic N) is 3. The number of carbonyl (C=O) groups is 1. The summed E-state index contributed by atoms with van der Waals surface area (Å²) in [6.45, 7) is 2.77. The largest absolute Gasteiger partial charge is 0.478 e. The number of H-pyrrole nitrogens is 1. The molecule has 0 unspecified atom stereocenters. The van der Waals surface area contributed by atoms with Crippen LogP contribution in [0.2, 0.25) is 0 Å². The van der Waals surface area contributed by atoms with Crippen LogP contribution in [-0.4, -0.2) is 31.0 Å². The highest BCUT2D eigenvalue weighted by molar-refractivity contribution is 5.87. The number of ether oxygens (including phenoxy) is 1. The lowest BCUT2D eigenvalue weighted by Crippen LogP contribution is -2.19. The summed E-state index contributed by atoms with van der Waals surface area (Å²) < 4.78 is 45.9. The van der Waals surface area contributed by atoms with E-state index >= 15 is 0 Å². The Bertz CT molecular complexity index is 1110. The lowest BCUT2D eigenvalue weighted by atomic mass is 10.1. The first-order valence-corrected chi connectivity index (χ1v) is 7.91. The number of pyridine rings is 2. The summed E-state index contributed by atoms with van der Waals surface area (Å²) >= 11 is 0. The molecule has 3 heterocycles. The van der Waals surface area contributed by atoms with E-state index in [0.717, 1.165) is 12.3 Å². The summed E-state index contributed by atoms with van der Waals surface area (Å²) in [6, 6.07) is 3.46. The molecule has 11 heteroatoms. The van der Waals surface area contributed by atoms with Gasteiger partial charge in [0.15, 0.2) is 11.3 Å². The van der Waals surface area contributed by atoms with Gasteiger partial charge in [0.1, 0.15) is 11.9 Å². The van der Waals surface area contributed by atoms with Gasteiger partial charge in [-0.25, -0.2) is 19.7 Å². The molecule has 3 aromatic rings. The van der Waals surface area contributed by atoms with Crippen molar-refractivity contribution in [2.24, 2.45) is 0 Å². The number of aryl methyl sites for hydroxylation is 1. The Labute approximate surface area is 155 Å². The van der Waals surface area contributed by atoms with Gasteiger partial charge in [0.25, 0.3) is 5.56 Å². The maximum atomic E-state index is 13.5. The van der Waals surface area contributed by atoms with Gasteiger partial charge in [-0.1, -0.05) is 0 Å². The first-order valence-electron chi connectivity index (χ1n) is 7.91. The molecule has 0 radical (unpaired) electrons. The van der Waals surface area contributed by atoms with Crippen molar-refractivity contribution in [1.82, 2.24) is 19.9 Å². The van der Waals surface area contributed by atoms with Gasteiger partial charge >= 0.3 is 12.1 Å². The first-order chi connectivity index (χ1) is 13.1. The normalized spacial score (nSPS) is 12.8. The molecule has 2 N–H and O–H groups in total. The molecular weight excluding hydrogens is 381 g/mol. The van der Waals surface area contributed by atoms with Gasteiger partial charge in [0.2, 0.25) is 5.88 Å². The summed E-state index contributed by atoms with van der Waals surface area (Å²) in [4.78, 5) is 36.5. The minimum absolute atomic E-state index is 0.0818. The van der Waals surface area contributed by atoms with Crippen LogP contribution in [0, 0.1) is 6.92 Å². The van der Waals surface area contributed by atoms with E-state index in [4.69, 9.17) is 9.84 Å². The third kappa shape index (κ3) is 3.77. The van der Waals surface area contributed by atoms with Gasteiger partial charge in [-0.15, -0.1) is 0 Å². The zero-order valence-electron chi connectivity index (χ0n) is 14.5. The third-order valence-corrected chi connectivity index (χ3v) is 3.83. The highest BCUT2D eigenvalue weighted by Gasteiger charge is 2.38. The molecule has 3 rings (SSSR count). The number of nitrogens with one attached hydrogen (secondary N) is 1. The highest BCUT2D eigenvalue weighted by atomic mass is 19.4. The van der Waals surface area contributed by atoms with Crippen LogP contribution in [0.1, 0.15) is 40.5 Å². The Morgan fingerprint density at radius 1 is 1.29 bits per heavy atom. The third-order valence-electron chi connectivity index (χ3n) is 3.83. The van der Waals surface area contributed by atoms with E-state index in [1.807, 2.05) is 0 Å². The van der Waals surface area contributed by atoms with Gasteiger partial charge in [-0.3, -0.25) is 4.79 Å². The van der Waals surface area contributed by atoms with Crippen LogP contribution in [0.25, 0.3) is 11.0 Å². The van der Waals surface area contributed by atoms with Crippen molar-refractivity contribution in [3.63, 3.8) is 0 Å². The summed E-state index contributed by atoms with van der Waals surface area (Å²) in [5.41, 5.74) is -2.65. The van der Waals surface area contributed by atoms with Gasteiger partial charge < -0.3 is 14.8 Å². The van der Waals surface area contributed by atoms with E-state index in [1.165, 1.54) is 26.0 Å². The molecule has 3 aromatic heterocycles. The van der Waals surface area contributed by atoms with E-state index in [9.17, 15) is 22.8 Å². The van der Waals surface area contributed by atoms with Crippen molar-refractivity contribution >= 4 is 17.0 Å². The van der Waals surface area contributed by atoms with E-state index < -0.39 is 29.5 Å². The lowest BCUT2D eigenvalue weighted by Gasteiger charge is -2.19. The predicted molar refractivity (Wildman–Crippen MR) is 90.1 cm³/mol. The predicted octanol–water partition coefficient (Wildman–Crippen LogP) is 2.88. The minimum Gasteiger partial charge on any atom is -0.478 e. The monoisotopic (exact) mass is 394 g/mol. The van der Waals surface area contributed by atoms with Crippen molar-refractivity contribution in [1.29, 1.82) is 0 Å². The second kappa shape index (κ2) is 6.91. The average Bonchev–Trinajstić information content (AvgIpc) is 2.60. The average molecular weight is 394 g/mol. The maximum absolute atomic E-state index is 13.5. The Kier molecular flexibility index (Phi) is 4.75. The van der Waals surface area contributed by atoms with Crippen molar-refractivity contribution in [3.8, 4) is 5.88 Å². The number of aromatic carboxylic acids is 1. The molecule has 8 nitrogen and oxygen atoms in total. The molecule has 146 valence electrons. The van der Waals surface area contributed by atoms with Gasteiger partial charge in [0.05, 0.1) is 10.9 Å². The van der Waals surface area contributed by atoms with Crippen LogP contribution in [0.5, 0.6) is 5.88 Å². The fourth-order valence-electron chi connectivity index (χ4n) is 2.55. The number of carboxylic acid groups (broad SMARTS) is 1. The first kappa shape index (κ1) is 19.3. The van der Waals surface area contributed by atoms with Crippen molar-refractivity contribution < 1.29 is 27.8 Å². The number of aromatic nitrogens is 4.